The fraction of sp³-hybridized carbons (Fsp3) is 1.00. The molecular formula is C7H16NOP. The van der Waals surface area contributed by atoms with Gasteiger partial charge < -0.3 is 4.57 Å². The van der Waals surface area contributed by atoms with Gasteiger partial charge in [0.05, 0.1) is 0 Å². The fourth-order valence-corrected chi connectivity index (χ4v) is 3.18. The van der Waals surface area contributed by atoms with Crippen LogP contribution in [0.5, 0.6) is 0 Å². The second kappa shape index (κ2) is 3.06. The lowest BCUT2D eigenvalue weighted by Gasteiger charge is -2.11. The van der Waals surface area contributed by atoms with Crippen LogP contribution < -0.4 is 0 Å². The highest BCUT2D eigenvalue weighted by Gasteiger charge is 2.32. The number of nitrogens with zero attached hydrogens (tertiary/aromatic N) is 1. The zero-order valence-electron chi connectivity index (χ0n) is 6.84. The highest BCUT2D eigenvalue weighted by molar-refractivity contribution is 7.60. The monoisotopic (exact) mass is 161 g/mol. The topological polar surface area (TPSA) is 20.1 Å². The summed E-state index contributed by atoms with van der Waals surface area (Å²) in [4.78, 5) is 0. The Morgan fingerprint density at radius 1 is 1.50 bits per heavy atom. The molecule has 0 saturated carbocycles. The molecule has 1 saturated heterocycles. The summed E-state index contributed by atoms with van der Waals surface area (Å²) in [6.07, 6.45) is 3.19. The van der Waals surface area contributed by atoms with Crippen LogP contribution in [-0.4, -0.2) is 30.6 Å². The normalized spacial score (nSPS) is 24.2. The Kier molecular flexibility index (Phi) is 2.54. The van der Waals surface area contributed by atoms with Crippen LogP contribution in [0.1, 0.15) is 19.8 Å². The van der Waals surface area contributed by atoms with Crippen molar-refractivity contribution in [3.63, 3.8) is 0 Å². The van der Waals surface area contributed by atoms with Crippen LogP contribution in [0.4, 0.5) is 0 Å². The van der Waals surface area contributed by atoms with Gasteiger partial charge in [-0.15, -0.1) is 0 Å². The first-order valence-electron chi connectivity index (χ1n) is 3.99. The molecule has 0 aromatic rings. The summed E-state index contributed by atoms with van der Waals surface area (Å²) >= 11 is 0. The van der Waals surface area contributed by atoms with Crippen LogP contribution in [0.15, 0.2) is 0 Å². The first kappa shape index (κ1) is 8.29. The van der Waals surface area contributed by atoms with Gasteiger partial charge in [0.15, 0.2) is 0 Å². The zero-order valence-corrected chi connectivity index (χ0v) is 7.73. The Labute approximate surface area is 63.0 Å². The van der Waals surface area contributed by atoms with Crippen LogP contribution in [-0.2, 0) is 4.57 Å². The molecule has 0 aromatic carbocycles. The van der Waals surface area contributed by atoms with Crippen molar-refractivity contribution in [1.82, 2.24) is 4.67 Å². The van der Waals surface area contributed by atoms with Crippen molar-refractivity contribution in [3.05, 3.63) is 0 Å². The largest absolute Gasteiger partial charge is 0.307 e. The van der Waals surface area contributed by atoms with Crippen molar-refractivity contribution in [2.45, 2.75) is 19.8 Å². The Hall–Kier alpha value is 0.190. The van der Waals surface area contributed by atoms with E-state index >= 15 is 0 Å². The maximum absolute atomic E-state index is 11.7. The third kappa shape index (κ3) is 2.10. The minimum Gasteiger partial charge on any atom is -0.307 e. The van der Waals surface area contributed by atoms with Crippen molar-refractivity contribution in [1.29, 1.82) is 0 Å². The molecule has 60 valence electrons. The van der Waals surface area contributed by atoms with Crippen molar-refractivity contribution < 1.29 is 4.57 Å². The van der Waals surface area contributed by atoms with E-state index in [9.17, 15) is 4.57 Å². The molecule has 1 atom stereocenters. The van der Waals surface area contributed by atoms with Gasteiger partial charge in [0.1, 0.15) is 7.29 Å². The molecule has 0 bridgehead atoms. The van der Waals surface area contributed by atoms with Crippen molar-refractivity contribution in [2.75, 3.05) is 25.9 Å². The SMILES string of the molecule is CCCCP(C)(=O)N1CC1. The van der Waals surface area contributed by atoms with Crippen molar-refractivity contribution >= 4 is 7.29 Å². The van der Waals surface area contributed by atoms with Crippen molar-refractivity contribution in [3.8, 4) is 0 Å². The molecule has 1 aliphatic heterocycles. The van der Waals surface area contributed by atoms with Crippen molar-refractivity contribution in [2.24, 2.45) is 0 Å². The summed E-state index contributed by atoms with van der Waals surface area (Å²) in [5.41, 5.74) is 0. The molecule has 1 aliphatic rings. The minimum absolute atomic E-state index is 0.920. The number of hydrogen-bond donors (Lipinski definition) is 0. The lowest BCUT2D eigenvalue weighted by molar-refractivity contribution is 0.552. The van der Waals surface area contributed by atoms with E-state index in [2.05, 4.69) is 11.6 Å². The molecule has 1 heterocycles. The number of unbranched alkanes of at least 4 members (excludes halogenated alkanes) is 1. The zero-order chi connectivity index (χ0) is 7.61. The molecule has 0 amide bonds. The molecule has 2 nitrogen and oxygen atoms in total. The van der Waals surface area contributed by atoms with E-state index < -0.39 is 7.29 Å². The van der Waals surface area contributed by atoms with Gasteiger partial charge in [-0.1, -0.05) is 13.3 Å². The summed E-state index contributed by atoms with van der Waals surface area (Å²) in [6.45, 7) is 6.19. The van der Waals surface area contributed by atoms with E-state index in [1.165, 1.54) is 0 Å². The lowest BCUT2D eigenvalue weighted by atomic mass is 10.4. The van der Waals surface area contributed by atoms with Crippen LogP contribution in [0, 0.1) is 0 Å². The maximum atomic E-state index is 11.7. The second-order valence-electron chi connectivity index (χ2n) is 3.08. The highest BCUT2D eigenvalue weighted by Crippen LogP contribution is 2.50. The maximum Gasteiger partial charge on any atom is 0.147 e. The van der Waals surface area contributed by atoms with E-state index in [0.29, 0.717) is 0 Å². The van der Waals surface area contributed by atoms with E-state index in [4.69, 9.17) is 0 Å². The van der Waals surface area contributed by atoms with Gasteiger partial charge in [-0.2, -0.15) is 0 Å². The molecule has 1 unspecified atom stereocenters. The molecule has 0 spiro atoms. The van der Waals surface area contributed by atoms with E-state index in [1.54, 1.807) is 0 Å². The molecule has 0 aromatic heterocycles. The molecule has 1 rings (SSSR count). The average Bonchev–Trinajstić information content (AvgIpc) is 2.64. The predicted molar refractivity (Wildman–Crippen MR) is 44.9 cm³/mol. The summed E-state index contributed by atoms with van der Waals surface area (Å²) in [5.74, 6) is 0. The lowest BCUT2D eigenvalue weighted by Crippen LogP contribution is -1.97. The molecule has 1 fully saturated rings. The highest BCUT2D eigenvalue weighted by atomic mass is 31.2. The molecule has 0 aliphatic carbocycles. The van der Waals surface area contributed by atoms with Crippen LogP contribution in [0.3, 0.4) is 0 Å². The first-order valence-corrected chi connectivity index (χ1v) is 6.28. The Morgan fingerprint density at radius 3 is 2.50 bits per heavy atom. The summed E-state index contributed by atoms with van der Waals surface area (Å²) in [7, 11) is -1.84. The molecular weight excluding hydrogens is 145 g/mol. The smallest absolute Gasteiger partial charge is 0.147 e. The Bertz CT molecular complexity index is 154. The van der Waals surface area contributed by atoms with Gasteiger partial charge in [-0.3, -0.25) is 4.67 Å². The molecule has 0 N–H and O–H groups in total. The Morgan fingerprint density at radius 2 is 2.10 bits per heavy atom. The van der Waals surface area contributed by atoms with Crippen LogP contribution in [0.2, 0.25) is 0 Å². The van der Waals surface area contributed by atoms with Gasteiger partial charge in [0.2, 0.25) is 0 Å². The predicted octanol–water partition coefficient (Wildman–Crippen LogP) is 2.01. The Balaban J connectivity index is 2.28. The van der Waals surface area contributed by atoms with Gasteiger partial charge in [-0.25, -0.2) is 0 Å². The first-order chi connectivity index (χ1) is 4.67. The molecule has 0 radical (unpaired) electrons. The second-order valence-corrected chi connectivity index (χ2v) is 6.20. The quantitative estimate of drug-likeness (QED) is 0.464. The summed E-state index contributed by atoms with van der Waals surface area (Å²) in [5, 5.41) is 0. The fourth-order valence-electron chi connectivity index (χ4n) is 1.06. The van der Waals surface area contributed by atoms with E-state index in [0.717, 1.165) is 32.1 Å². The minimum atomic E-state index is -1.84. The number of hydrogen-bond acceptors (Lipinski definition) is 1. The third-order valence-corrected chi connectivity index (χ3v) is 4.69. The van der Waals surface area contributed by atoms with Gasteiger partial charge in [0, 0.05) is 25.9 Å². The van der Waals surface area contributed by atoms with Gasteiger partial charge >= 0.3 is 0 Å². The number of rotatable bonds is 4. The summed E-state index contributed by atoms with van der Waals surface area (Å²) < 4.78 is 13.8. The standard InChI is InChI=1S/C7H16NOP/c1-3-4-7-10(2,9)8-5-6-8/h3-7H2,1-2H3. The summed E-state index contributed by atoms with van der Waals surface area (Å²) in [6, 6.07) is 0. The van der Waals surface area contributed by atoms with Gasteiger partial charge in [0.25, 0.3) is 0 Å². The van der Waals surface area contributed by atoms with Crippen LogP contribution >= 0.6 is 7.29 Å². The van der Waals surface area contributed by atoms with Gasteiger partial charge in [-0.05, 0) is 6.42 Å². The van der Waals surface area contributed by atoms with Crippen LogP contribution in [0.25, 0.3) is 0 Å². The average molecular weight is 161 g/mol. The van der Waals surface area contributed by atoms with E-state index in [1.807, 2.05) is 6.66 Å². The third-order valence-electron chi connectivity index (χ3n) is 1.95. The van der Waals surface area contributed by atoms with E-state index in [-0.39, 0.29) is 0 Å². The molecule has 10 heavy (non-hydrogen) atoms. The molecule has 3 heteroatoms.